The third kappa shape index (κ3) is 1.75. The SMILES string of the molecule is Cc1ccc(Cl)cc1-c1ccnnc1. The molecular formula is C11H9ClN2. The van der Waals surface area contributed by atoms with Crippen molar-refractivity contribution in [3.05, 3.63) is 47.2 Å². The Labute approximate surface area is 87.6 Å². The van der Waals surface area contributed by atoms with Crippen LogP contribution in [0.2, 0.25) is 5.02 Å². The lowest BCUT2D eigenvalue weighted by molar-refractivity contribution is 1.03. The first-order valence-electron chi connectivity index (χ1n) is 4.30. The molecule has 0 unspecified atom stereocenters. The molecule has 2 nitrogen and oxygen atoms in total. The van der Waals surface area contributed by atoms with E-state index in [2.05, 4.69) is 10.2 Å². The molecule has 3 heteroatoms. The number of halogens is 1. The molecule has 0 saturated carbocycles. The highest BCUT2D eigenvalue weighted by atomic mass is 35.5. The van der Waals surface area contributed by atoms with Crippen LogP contribution in [-0.2, 0) is 0 Å². The van der Waals surface area contributed by atoms with E-state index in [-0.39, 0.29) is 0 Å². The minimum Gasteiger partial charge on any atom is -0.159 e. The summed E-state index contributed by atoms with van der Waals surface area (Å²) in [5, 5.41) is 8.32. The third-order valence-corrected chi connectivity index (χ3v) is 2.33. The molecule has 0 fully saturated rings. The quantitative estimate of drug-likeness (QED) is 0.714. The number of nitrogens with zero attached hydrogens (tertiary/aromatic N) is 2. The van der Waals surface area contributed by atoms with Crippen LogP contribution >= 0.6 is 11.6 Å². The number of aromatic nitrogens is 2. The van der Waals surface area contributed by atoms with E-state index in [9.17, 15) is 0 Å². The summed E-state index contributed by atoms with van der Waals surface area (Å²) in [6, 6.07) is 7.74. The maximum absolute atomic E-state index is 5.93. The minimum absolute atomic E-state index is 0.738. The smallest absolute Gasteiger partial charge is 0.0574 e. The van der Waals surface area contributed by atoms with Crippen LogP contribution in [0.25, 0.3) is 11.1 Å². The first-order valence-corrected chi connectivity index (χ1v) is 4.68. The first kappa shape index (κ1) is 9.16. The number of rotatable bonds is 1. The van der Waals surface area contributed by atoms with E-state index in [1.54, 1.807) is 12.4 Å². The van der Waals surface area contributed by atoms with E-state index >= 15 is 0 Å². The fraction of sp³-hybridized carbons (Fsp3) is 0.0909. The van der Waals surface area contributed by atoms with Crippen molar-refractivity contribution in [2.45, 2.75) is 6.92 Å². The Morgan fingerprint density at radius 1 is 1.14 bits per heavy atom. The standard InChI is InChI=1S/C11H9ClN2/c1-8-2-3-10(12)6-11(8)9-4-5-13-14-7-9/h2-7H,1H3. The lowest BCUT2D eigenvalue weighted by atomic mass is 10.0. The highest BCUT2D eigenvalue weighted by Crippen LogP contribution is 2.25. The van der Waals surface area contributed by atoms with Crippen molar-refractivity contribution in [3.8, 4) is 11.1 Å². The van der Waals surface area contributed by atoms with Crippen LogP contribution in [0.3, 0.4) is 0 Å². The molecule has 0 atom stereocenters. The number of benzene rings is 1. The summed E-state index contributed by atoms with van der Waals surface area (Å²) in [6.45, 7) is 2.05. The fourth-order valence-corrected chi connectivity index (χ4v) is 1.53. The zero-order chi connectivity index (χ0) is 9.97. The first-order chi connectivity index (χ1) is 6.77. The van der Waals surface area contributed by atoms with Crippen molar-refractivity contribution < 1.29 is 0 Å². The molecule has 0 aliphatic carbocycles. The molecule has 0 spiro atoms. The summed E-state index contributed by atoms with van der Waals surface area (Å²) in [6.07, 6.45) is 3.41. The summed E-state index contributed by atoms with van der Waals surface area (Å²) in [4.78, 5) is 0. The minimum atomic E-state index is 0.738. The van der Waals surface area contributed by atoms with Crippen LogP contribution in [0.4, 0.5) is 0 Å². The summed E-state index contributed by atoms with van der Waals surface area (Å²) in [5.74, 6) is 0. The maximum atomic E-state index is 5.93. The zero-order valence-electron chi connectivity index (χ0n) is 7.74. The van der Waals surface area contributed by atoms with Gasteiger partial charge in [-0.15, -0.1) is 0 Å². The molecule has 1 aromatic carbocycles. The van der Waals surface area contributed by atoms with Gasteiger partial charge in [0, 0.05) is 10.6 Å². The normalized spacial score (nSPS) is 10.1. The Kier molecular flexibility index (Phi) is 2.46. The van der Waals surface area contributed by atoms with E-state index in [0.29, 0.717) is 0 Å². The van der Waals surface area contributed by atoms with Gasteiger partial charge < -0.3 is 0 Å². The van der Waals surface area contributed by atoms with Crippen LogP contribution in [0.5, 0.6) is 0 Å². The van der Waals surface area contributed by atoms with Gasteiger partial charge in [-0.1, -0.05) is 17.7 Å². The summed E-state index contributed by atoms with van der Waals surface area (Å²) >= 11 is 5.93. The molecule has 0 radical (unpaired) electrons. The highest BCUT2D eigenvalue weighted by Gasteiger charge is 2.02. The average molecular weight is 205 g/mol. The Bertz CT molecular complexity index is 440. The second-order valence-corrected chi connectivity index (χ2v) is 3.53. The molecule has 0 aliphatic rings. The van der Waals surface area contributed by atoms with Crippen molar-refractivity contribution in [3.63, 3.8) is 0 Å². The van der Waals surface area contributed by atoms with Crippen LogP contribution in [-0.4, -0.2) is 10.2 Å². The zero-order valence-corrected chi connectivity index (χ0v) is 8.49. The van der Waals surface area contributed by atoms with Gasteiger partial charge in [-0.25, -0.2) is 0 Å². The van der Waals surface area contributed by atoms with Gasteiger partial charge in [-0.2, -0.15) is 10.2 Å². The van der Waals surface area contributed by atoms with Crippen molar-refractivity contribution in [1.29, 1.82) is 0 Å². The molecule has 0 N–H and O–H groups in total. The summed E-state index contributed by atoms with van der Waals surface area (Å²) in [5.41, 5.74) is 3.33. The van der Waals surface area contributed by atoms with Gasteiger partial charge in [0.2, 0.25) is 0 Å². The predicted octanol–water partition coefficient (Wildman–Crippen LogP) is 3.11. The number of hydrogen-bond acceptors (Lipinski definition) is 2. The third-order valence-electron chi connectivity index (χ3n) is 2.09. The molecule has 1 heterocycles. The summed E-state index contributed by atoms with van der Waals surface area (Å²) in [7, 11) is 0. The monoisotopic (exact) mass is 204 g/mol. The van der Waals surface area contributed by atoms with E-state index in [1.807, 2.05) is 31.2 Å². The molecule has 0 aliphatic heterocycles. The number of hydrogen-bond donors (Lipinski definition) is 0. The Balaban J connectivity index is 2.57. The molecule has 2 rings (SSSR count). The van der Waals surface area contributed by atoms with Crippen molar-refractivity contribution in [2.75, 3.05) is 0 Å². The molecule has 2 aromatic rings. The maximum Gasteiger partial charge on any atom is 0.0574 e. The molecule has 14 heavy (non-hydrogen) atoms. The van der Waals surface area contributed by atoms with E-state index < -0.39 is 0 Å². The molecule has 70 valence electrons. The second-order valence-electron chi connectivity index (χ2n) is 3.09. The molecule has 1 aromatic heterocycles. The molecular weight excluding hydrogens is 196 g/mol. The van der Waals surface area contributed by atoms with Crippen LogP contribution in [0.1, 0.15) is 5.56 Å². The van der Waals surface area contributed by atoms with Crippen LogP contribution in [0.15, 0.2) is 36.7 Å². The summed E-state index contributed by atoms with van der Waals surface area (Å²) < 4.78 is 0. The molecule has 0 bridgehead atoms. The molecule has 0 amide bonds. The van der Waals surface area contributed by atoms with Crippen LogP contribution < -0.4 is 0 Å². The fourth-order valence-electron chi connectivity index (χ4n) is 1.36. The van der Waals surface area contributed by atoms with Gasteiger partial charge >= 0.3 is 0 Å². The topological polar surface area (TPSA) is 25.8 Å². The Morgan fingerprint density at radius 3 is 2.71 bits per heavy atom. The molecule has 0 saturated heterocycles. The van der Waals surface area contributed by atoms with Gasteiger partial charge in [0.25, 0.3) is 0 Å². The van der Waals surface area contributed by atoms with Crippen molar-refractivity contribution in [2.24, 2.45) is 0 Å². The van der Waals surface area contributed by atoms with Crippen molar-refractivity contribution in [1.82, 2.24) is 10.2 Å². The average Bonchev–Trinajstić information content (AvgIpc) is 2.23. The van der Waals surface area contributed by atoms with E-state index in [0.717, 1.165) is 16.1 Å². The van der Waals surface area contributed by atoms with Gasteiger partial charge in [0.05, 0.1) is 12.4 Å². The highest BCUT2D eigenvalue weighted by molar-refractivity contribution is 6.30. The van der Waals surface area contributed by atoms with E-state index in [4.69, 9.17) is 11.6 Å². The van der Waals surface area contributed by atoms with Crippen LogP contribution in [0, 0.1) is 6.92 Å². The second kappa shape index (κ2) is 3.76. The van der Waals surface area contributed by atoms with E-state index in [1.165, 1.54) is 5.56 Å². The van der Waals surface area contributed by atoms with Gasteiger partial charge in [-0.3, -0.25) is 0 Å². The predicted molar refractivity (Wildman–Crippen MR) is 57.2 cm³/mol. The van der Waals surface area contributed by atoms with Crippen molar-refractivity contribution >= 4 is 11.6 Å². The largest absolute Gasteiger partial charge is 0.159 e. The van der Waals surface area contributed by atoms with Gasteiger partial charge in [0.15, 0.2) is 0 Å². The number of aryl methyl sites for hydroxylation is 1. The lowest BCUT2D eigenvalue weighted by Crippen LogP contribution is -1.85. The Morgan fingerprint density at radius 2 is 2.00 bits per heavy atom. The van der Waals surface area contributed by atoms with Gasteiger partial charge in [0.1, 0.15) is 0 Å². The Hall–Kier alpha value is -1.41. The lowest BCUT2D eigenvalue weighted by Gasteiger charge is -2.04. The van der Waals surface area contributed by atoms with Gasteiger partial charge in [-0.05, 0) is 36.2 Å².